The fourth-order valence-corrected chi connectivity index (χ4v) is 0.880. The molecule has 0 saturated carbocycles. The summed E-state index contributed by atoms with van der Waals surface area (Å²) in [7, 11) is 0. The van der Waals surface area contributed by atoms with Gasteiger partial charge in [-0.1, -0.05) is 51.5 Å². The number of aryl methyl sites for hydroxylation is 1. The molecule has 0 radical (unpaired) electrons. The molecule has 0 fully saturated rings. The Morgan fingerprint density at radius 1 is 1.14 bits per heavy atom. The van der Waals surface area contributed by atoms with Crippen LogP contribution in [-0.4, -0.2) is 24.0 Å². The molecule has 1 aromatic rings. The second-order valence-corrected chi connectivity index (χ2v) is 3.84. The van der Waals surface area contributed by atoms with Crippen molar-refractivity contribution in [3.8, 4) is 0 Å². The van der Waals surface area contributed by atoms with Gasteiger partial charge in [-0.05, 0) is 17.5 Å². The van der Waals surface area contributed by atoms with Crippen molar-refractivity contribution >= 4 is 12.3 Å². The SMILES string of the molecule is CCC.CCc1ccc(CO)cc1.NC=O.NCC(N)=O. The van der Waals surface area contributed by atoms with E-state index in [1.54, 1.807) is 0 Å². The van der Waals surface area contributed by atoms with E-state index < -0.39 is 5.91 Å². The van der Waals surface area contributed by atoms with Gasteiger partial charge in [0.1, 0.15) is 0 Å². The first kappa shape index (κ1) is 24.1. The average molecular weight is 299 g/mol. The fraction of sp³-hybridized carbons (Fsp3) is 0.467. The molecule has 6 nitrogen and oxygen atoms in total. The number of nitrogens with two attached hydrogens (primary N) is 3. The normalized spacial score (nSPS) is 7.86. The van der Waals surface area contributed by atoms with Crippen LogP contribution in [0.2, 0.25) is 0 Å². The second kappa shape index (κ2) is 20.4. The van der Waals surface area contributed by atoms with Crippen molar-refractivity contribution in [1.29, 1.82) is 0 Å². The molecule has 122 valence electrons. The molecular formula is C15H29N3O3. The van der Waals surface area contributed by atoms with Crippen LogP contribution in [0, 0.1) is 0 Å². The van der Waals surface area contributed by atoms with Gasteiger partial charge in [-0.3, -0.25) is 9.59 Å². The summed E-state index contributed by atoms with van der Waals surface area (Å²) in [4.78, 5) is 18.0. The molecule has 0 unspecified atom stereocenters. The minimum atomic E-state index is -0.468. The van der Waals surface area contributed by atoms with Crippen molar-refractivity contribution in [2.45, 2.75) is 40.2 Å². The van der Waals surface area contributed by atoms with Crippen LogP contribution in [0.4, 0.5) is 0 Å². The number of aliphatic hydroxyl groups is 1. The second-order valence-electron chi connectivity index (χ2n) is 3.84. The van der Waals surface area contributed by atoms with Crippen LogP contribution in [0.1, 0.15) is 38.3 Å². The standard InChI is InChI=1S/C9H12O.C3H8.C2H6N2O.CH3NO/c1-2-8-3-5-9(7-10)6-4-8;1-3-2;3-1-2(4)5;2-1-3/h3-6,10H,2,7H2,1H3;3H2,1-2H3;1,3H2,(H2,4,5);1H,(H2,2,3). The minimum absolute atomic E-state index is 0.0556. The first-order chi connectivity index (χ1) is 9.96. The Morgan fingerprint density at radius 2 is 1.43 bits per heavy atom. The lowest BCUT2D eigenvalue weighted by molar-refractivity contribution is -0.116. The third-order valence-corrected chi connectivity index (χ3v) is 1.81. The topological polar surface area (TPSA) is 132 Å². The van der Waals surface area contributed by atoms with E-state index in [4.69, 9.17) is 15.6 Å². The van der Waals surface area contributed by atoms with Crippen molar-refractivity contribution in [2.24, 2.45) is 17.2 Å². The molecular weight excluding hydrogens is 270 g/mol. The van der Waals surface area contributed by atoms with E-state index in [1.165, 1.54) is 12.0 Å². The van der Waals surface area contributed by atoms with Gasteiger partial charge >= 0.3 is 0 Å². The lowest BCUT2D eigenvalue weighted by Gasteiger charge is -1.97. The Morgan fingerprint density at radius 3 is 1.62 bits per heavy atom. The highest BCUT2D eigenvalue weighted by Gasteiger charge is 1.89. The highest BCUT2D eigenvalue weighted by Crippen LogP contribution is 2.03. The summed E-state index contributed by atoms with van der Waals surface area (Å²) < 4.78 is 0. The molecule has 0 saturated heterocycles. The molecule has 21 heavy (non-hydrogen) atoms. The van der Waals surface area contributed by atoms with Crippen molar-refractivity contribution in [3.63, 3.8) is 0 Å². The molecule has 1 aromatic carbocycles. The lowest BCUT2D eigenvalue weighted by Crippen LogP contribution is -2.21. The van der Waals surface area contributed by atoms with Gasteiger partial charge in [-0.25, -0.2) is 0 Å². The number of amides is 2. The Hall–Kier alpha value is -1.92. The average Bonchev–Trinajstić information content (AvgIpc) is 2.49. The number of hydrogen-bond donors (Lipinski definition) is 4. The minimum Gasteiger partial charge on any atom is -0.392 e. The molecule has 0 bridgehead atoms. The molecule has 6 heteroatoms. The number of aliphatic hydroxyl groups excluding tert-OH is 1. The third kappa shape index (κ3) is 23.6. The molecule has 0 aliphatic heterocycles. The molecule has 0 atom stereocenters. The Balaban J connectivity index is -0.000000249. The summed E-state index contributed by atoms with van der Waals surface area (Å²) >= 11 is 0. The Labute approximate surface area is 127 Å². The van der Waals surface area contributed by atoms with Crippen LogP contribution in [-0.2, 0) is 22.6 Å². The van der Waals surface area contributed by atoms with Crippen LogP contribution in [0.3, 0.4) is 0 Å². The number of primary amides is 2. The van der Waals surface area contributed by atoms with Gasteiger partial charge in [0.05, 0.1) is 13.2 Å². The first-order valence-electron chi connectivity index (χ1n) is 6.79. The van der Waals surface area contributed by atoms with Crippen LogP contribution < -0.4 is 17.2 Å². The molecule has 0 aliphatic carbocycles. The van der Waals surface area contributed by atoms with Crippen LogP contribution in [0.25, 0.3) is 0 Å². The quantitative estimate of drug-likeness (QED) is 0.611. The largest absolute Gasteiger partial charge is 0.392 e. The molecule has 7 N–H and O–H groups in total. The molecule has 0 aliphatic rings. The lowest BCUT2D eigenvalue weighted by atomic mass is 10.1. The molecule has 0 aromatic heterocycles. The molecule has 0 spiro atoms. The van der Waals surface area contributed by atoms with Crippen molar-refractivity contribution in [2.75, 3.05) is 6.54 Å². The van der Waals surface area contributed by atoms with E-state index in [0.29, 0.717) is 0 Å². The summed E-state index contributed by atoms with van der Waals surface area (Å²) in [5, 5.41) is 8.70. The number of benzene rings is 1. The number of hydrogen-bond acceptors (Lipinski definition) is 4. The summed E-state index contributed by atoms with van der Waals surface area (Å²) in [6, 6.07) is 8.01. The predicted octanol–water partition coefficient (Wildman–Crippen LogP) is 0.690. The summed E-state index contributed by atoms with van der Waals surface area (Å²) in [6.45, 7) is 6.46. The van der Waals surface area contributed by atoms with Gasteiger partial charge in [0.2, 0.25) is 12.3 Å². The van der Waals surface area contributed by atoms with Gasteiger partial charge in [-0.15, -0.1) is 0 Å². The Kier molecular flexibility index (Phi) is 23.4. The zero-order chi connectivity index (χ0) is 17.1. The predicted molar refractivity (Wildman–Crippen MR) is 86.2 cm³/mol. The maximum Gasteiger partial charge on any atom is 0.231 e. The van der Waals surface area contributed by atoms with E-state index >= 15 is 0 Å². The van der Waals surface area contributed by atoms with Gasteiger partial charge in [-0.2, -0.15) is 0 Å². The van der Waals surface area contributed by atoms with E-state index in [0.717, 1.165) is 12.0 Å². The van der Waals surface area contributed by atoms with Crippen molar-refractivity contribution in [1.82, 2.24) is 0 Å². The highest BCUT2D eigenvalue weighted by molar-refractivity contribution is 5.75. The van der Waals surface area contributed by atoms with E-state index in [-0.39, 0.29) is 19.6 Å². The van der Waals surface area contributed by atoms with Gasteiger partial charge in [0.25, 0.3) is 0 Å². The van der Waals surface area contributed by atoms with Gasteiger partial charge in [0.15, 0.2) is 0 Å². The number of carbonyl (C=O) groups excluding carboxylic acids is 2. The summed E-state index contributed by atoms with van der Waals surface area (Å²) in [5.74, 6) is -0.468. The zero-order valence-corrected chi connectivity index (χ0v) is 13.2. The first-order valence-corrected chi connectivity index (χ1v) is 6.79. The third-order valence-electron chi connectivity index (χ3n) is 1.81. The molecule has 2 amide bonds. The maximum absolute atomic E-state index is 9.47. The van der Waals surface area contributed by atoms with Crippen LogP contribution >= 0.6 is 0 Å². The van der Waals surface area contributed by atoms with E-state index in [1.807, 2.05) is 24.3 Å². The van der Waals surface area contributed by atoms with Crippen molar-refractivity contribution in [3.05, 3.63) is 35.4 Å². The zero-order valence-electron chi connectivity index (χ0n) is 13.2. The maximum atomic E-state index is 9.47. The van der Waals surface area contributed by atoms with Crippen molar-refractivity contribution < 1.29 is 14.7 Å². The van der Waals surface area contributed by atoms with Crippen LogP contribution in [0.15, 0.2) is 24.3 Å². The summed E-state index contributed by atoms with van der Waals surface area (Å²) in [5.41, 5.74) is 15.7. The van der Waals surface area contributed by atoms with E-state index in [9.17, 15) is 4.79 Å². The number of rotatable bonds is 3. The summed E-state index contributed by atoms with van der Waals surface area (Å²) in [6.07, 6.45) is 2.56. The Bertz CT molecular complexity index is 318. The van der Waals surface area contributed by atoms with Crippen LogP contribution in [0.5, 0.6) is 0 Å². The van der Waals surface area contributed by atoms with Gasteiger partial charge in [0, 0.05) is 0 Å². The molecule has 0 heterocycles. The van der Waals surface area contributed by atoms with Gasteiger partial charge < -0.3 is 22.3 Å². The van der Waals surface area contributed by atoms with E-state index in [2.05, 4.69) is 32.2 Å². The monoisotopic (exact) mass is 299 g/mol. The fourth-order valence-electron chi connectivity index (χ4n) is 0.880. The number of carbonyl (C=O) groups is 2. The highest BCUT2D eigenvalue weighted by atomic mass is 16.3. The molecule has 1 rings (SSSR count). The smallest absolute Gasteiger partial charge is 0.231 e.